The molecule has 0 saturated carbocycles. The first-order valence-corrected chi connectivity index (χ1v) is 4.41. The van der Waals surface area contributed by atoms with E-state index in [1.54, 1.807) is 6.92 Å². The Morgan fingerprint density at radius 1 is 1.38 bits per heavy atom. The Balaban J connectivity index is 0. The minimum Gasteiger partial charge on any atom is -0.481 e. The number of hydrogen-bond acceptors (Lipinski definition) is 3. The molecule has 0 aromatic heterocycles. The molecule has 1 fully saturated rings. The van der Waals surface area contributed by atoms with E-state index >= 15 is 0 Å². The topological polar surface area (TPSA) is 49.8 Å². The summed E-state index contributed by atoms with van der Waals surface area (Å²) in [5.74, 6) is -0.745. The van der Waals surface area contributed by atoms with E-state index in [2.05, 4.69) is 0 Å². The molecule has 0 radical (unpaired) electrons. The van der Waals surface area contributed by atoms with Gasteiger partial charge < -0.3 is 14.7 Å². The summed E-state index contributed by atoms with van der Waals surface area (Å²) in [5.41, 5.74) is 0. The van der Waals surface area contributed by atoms with Crippen molar-refractivity contribution >= 4 is 5.97 Å². The zero-order valence-corrected chi connectivity index (χ0v) is 9.04. The number of carbonyl (C=O) groups is 1. The fraction of sp³-hybridized carbons (Fsp3) is 0.889. The van der Waals surface area contributed by atoms with Crippen molar-refractivity contribution in [3.05, 3.63) is 0 Å². The summed E-state index contributed by atoms with van der Waals surface area (Å²) >= 11 is 0. The molecule has 0 bridgehead atoms. The van der Waals surface area contributed by atoms with E-state index in [0.717, 1.165) is 13.2 Å². The highest BCUT2D eigenvalue weighted by Crippen LogP contribution is 1.93. The highest BCUT2D eigenvalue weighted by Gasteiger charge is 1.94. The minimum absolute atomic E-state index is 0.222. The van der Waals surface area contributed by atoms with E-state index in [1.165, 1.54) is 6.42 Å². The molecule has 4 nitrogen and oxygen atoms in total. The van der Waals surface area contributed by atoms with Crippen molar-refractivity contribution in [2.24, 2.45) is 0 Å². The molecular weight excluding hydrogens is 170 g/mol. The molecule has 80 valence electrons. The van der Waals surface area contributed by atoms with Crippen molar-refractivity contribution in [2.45, 2.75) is 19.8 Å². The highest BCUT2D eigenvalue weighted by atomic mass is 16.5. The Kier molecular flexibility index (Phi) is 13.0. The molecular formula is C9H21NO3. The molecule has 0 aromatic carbocycles. The van der Waals surface area contributed by atoms with Gasteiger partial charge >= 0.3 is 5.97 Å². The average molecular weight is 191 g/mol. The van der Waals surface area contributed by atoms with Crippen LogP contribution in [0.5, 0.6) is 0 Å². The standard InChI is InChI=1S/C3H9N.C3H6O2.C3H6O/c1-4(2)3;1-2-3(4)5;1-2-4-3-1/h1-3H3;2H2,1H3,(H,4,5);1-3H2. The van der Waals surface area contributed by atoms with Crippen molar-refractivity contribution in [3.63, 3.8) is 0 Å². The van der Waals surface area contributed by atoms with Crippen molar-refractivity contribution in [1.29, 1.82) is 0 Å². The van der Waals surface area contributed by atoms with Crippen LogP contribution in [0.3, 0.4) is 0 Å². The number of hydrogen-bond donors (Lipinski definition) is 1. The molecule has 13 heavy (non-hydrogen) atoms. The van der Waals surface area contributed by atoms with Crippen LogP contribution in [0.2, 0.25) is 0 Å². The maximum atomic E-state index is 9.37. The number of rotatable bonds is 1. The number of ether oxygens (including phenoxy) is 1. The van der Waals surface area contributed by atoms with Gasteiger partial charge in [0.25, 0.3) is 0 Å². The first-order chi connectivity index (χ1) is 6.00. The van der Waals surface area contributed by atoms with E-state index in [9.17, 15) is 4.79 Å². The molecule has 4 heteroatoms. The molecule has 1 N–H and O–H groups in total. The second-order valence-corrected chi connectivity index (χ2v) is 3.05. The van der Waals surface area contributed by atoms with Gasteiger partial charge in [-0.1, -0.05) is 6.92 Å². The van der Waals surface area contributed by atoms with Crippen molar-refractivity contribution < 1.29 is 14.6 Å². The second kappa shape index (κ2) is 11.4. The van der Waals surface area contributed by atoms with Crippen molar-refractivity contribution in [1.82, 2.24) is 4.90 Å². The fourth-order valence-corrected chi connectivity index (χ4v) is 0.144. The predicted molar refractivity (Wildman–Crippen MR) is 53.0 cm³/mol. The monoisotopic (exact) mass is 191 g/mol. The lowest BCUT2D eigenvalue weighted by Crippen LogP contribution is -2.09. The van der Waals surface area contributed by atoms with Crippen LogP contribution in [-0.2, 0) is 9.53 Å². The summed E-state index contributed by atoms with van der Waals surface area (Å²) in [6, 6.07) is 0. The fourth-order valence-electron chi connectivity index (χ4n) is 0.144. The van der Waals surface area contributed by atoms with Crippen LogP contribution in [-0.4, -0.2) is 50.3 Å². The molecule has 0 spiro atoms. The summed E-state index contributed by atoms with van der Waals surface area (Å²) in [7, 11) is 6.00. The summed E-state index contributed by atoms with van der Waals surface area (Å²) in [5, 5.41) is 7.72. The third-order valence-electron chi connectivity index (χ3n) is 0.880. The summed E-state index contributed by atoms with van der Waals surface area (Å²) in [4.78, 5) is 11.4. The predicted octanol–water partition coefficient (Wildman–Crippen LogP) is 1.07. The molecule has 0 aliphatic carbocycles. The van der Waals surface area contributed by atoms with Gasteiger partial charge in [0.2, 0.25) is 0 Å². The minimum atomic E-state index is -0.745. The number of aliphatic carboxylic acids is 1. The lowest BCUT2D eigenvalue weighted by atomic mass is 10.4. The molecule has 1 heterocycles. The van der Waals surface area contributed by atoms with Gasteiger partial charge in [0.1, 0.15) is 0 Å². The van der Waals surface area contributed by atoms with E-state index in [-0.39, 0.29) is 6.42 Å². The second-order valence-electron chi connectivity index (χ2n) is 3.05. The Labute approximate surface area is 80.5 Å². The largest absolute Gasteiger partial charge is 0.481 e. The number of carboxylic acid groups (broad SMARTS) is 1. The molecule has 0 unspecified atom stereocenters. The lowest BCUT2D eigenvalue weighted by Gasteiger charge is -2.09. The quantitative estimate of drug-likeness (QED) is 0.673. The van der Waals surface area contributed by atoms with Gasteiger partial charge in [0.05, 0.1) is 0 Å². The third-order valence-corrected chi connectivity index (χ3v) is 0.880. The van der Waals surface area contributed by atoms with Crippen LogP contribution in [0.15, 0.2) is 0 Å². The van der Waals surface area contributed by atoms with Gasteiger partial charge in [-0.3, -0.25) is 4.79 Å². The molecule has 1 rings (SSSR count). The Morgan fingerprint density at radius 2 is 1.54 bits per heavy atom. The van der Waals surface area contributed by atoms with Gasteiger partial charge in [-0.05, 0) is 27.6 Å². The van der Waals surface area contributed by atoms with E-state index < -0.39 is 5.97 Å². The zero-order chi connectivity index (χ0) is 10.7. The van der Waals surface area contributed by atoms with Crippen LogP contribution < -0.4 is 0 Å². The first kappa shape index (κ1) is 14.9. The van der Waals surface area contributed by atoms with Gasteiger partial charge in [-0.2, -0.15) is 0 Å². The van der Waals surface area contributed by atoms with Crippen molar-refractivity contribution in [3.8, 4) is 0 Å². The lowest BCUT2D eigenvalue weighted by molar-refractivity contribution is -0.136. The SMILES string of the molecule is C1COC1.CCC(=O)O.CN(C)C. The van der Waals surface area contributed by atoms with Crippen LogP contribution in [0, 0.1) is 0 Å². The van der Waals surface area contributed by atoms with Gasteiger partial charge in [0, 0.05) is 19.6 Å². The molecule has 0 atom stereocenters. The van der Waals surface area contributed by atoms with Crippen LogP contribution in [0.1, 0.15) is 19.8 Å². The third kappa shape index (κ3) is 34.6. The first-order valence-electron chi connectivity index (χ1n) is 4.41. The Morgan fingerprint density at radius 3 is 1.54 bits per heavy atom. The molecule has 0 amide bonds. The normalized spacial score (nSPS) is 13.0. The molecule has 1 aliphatic rings. The smallest absolute Gasteiger partial charge is 0.303 e. The maximum Gasteiger partial charge on any atom is 0.303 e. The summed E-state index contributed by atoms with van der Waals surface area (Å²) < 4.78 is 4.72. The van der Waals surface area contributed by atoms with E-state index in [1.807, 2.05) is 26.0 Å². The summed E-state index contributed by atoms with van der Waals surface area (Å²) in [6.45, 7) is 3.60. The van der Waals surface area contributed by atoms with Crippen LogP contribution >= 0.6 is 0 Å². The van der Waals surface area contributed by atoms with Crippen molar-refractivity contribution in [2.75, 3.05) is 34.4 Å². The maximum absolute atomic E-state index is 9.37. The average Bonchev–Trinajstić information content (AvgIpc) is 1.82. The highest BCUT2D eigenvalue weighted by molar-refractivity contribution is 5.66. The summed E-state index contributed by atoms with van der Waals surface area (Å²) in [6.07, 6.45) is 1.50. The van der Waals surface area contributed by atoms with Crippen LogP contribution in [0.4, 0.5) is 0 Å². The molecule has 0 aromatic rings. The zero-order valence-electron chi connectivity index (χ0n) is 9.04. The van der Waals surface area contributed by atoms with E-state index in [0.29, 0.717) is 0 Å². The van der Waals surface area contributed by atoms with Gasteiger partial charge in [-0.25, -0.2) is 0 Å². The number of carboxylic acids is 1. The molecule has 1 saturated heterocycles. The van der Waals surface area contributed by atoms with Gasteiger partial charge in [0.15, 0.2) is 0 Å². The van der Waals surface area contributed by atoms with Gasteiger partial charge in [-0.15, -0.1) is 0 Å². The van der Waals surface area contributed by atoms with Crippen LogP contribution in [0.25, 0.3) is 0 Å². The van der Waals surface area contributed by atoms with E-state index in [4.69, 9.17) is 9.84 Å². The Hall–Kier alpha value is -0.610. The molecule has 1 aliphatic heterocycles. The Bertz CT molecular complexity index is 105. The number of nitrogens with zero attached hydrogens (tertiary/aromatic N) is 1.